The maximum Gasteiger partial charge on any atom is 0.261 e. The molecule has 3 aromatic carbocycles. The number of rotatable bonds is 7. The summed E-state index contributed by atoms with van der Waals surface area (Å²) in [4.78, 5) is 0.278. The molecule has 0 heterocycles. The van der Waals surface area contributed by atoms with E-state index in [4.69, 9.17) is 0 Å². The second-order valence-electron chi connectivity index (χ2n) is 6.26. The van der Waals surface area contributed by atoms with Crippen molar-refractivity contribution in [3.63, 3.8) is 0 Å². The topological polar surface area (TPSA) is 46.2 Å². The highest BCUT2D eigenvalue weighted by Gasteiger charge is 2.16. The van der Waals surface area contributed by atoms with E-state index in [0.717, 1.165) is 36.0 Å². The molecule has 0 saturated heterocycles. The van der Waals surface area contributed by atoms with Crippen LogP contribution in [0.15, 0.2) is 83.8 Å². The van der Waals surface area contributed by atoms with Gasteiger partial charge in [-0.25, -0.2) is 8.42 Å². The van der Waals surface area contributed by atoms with E-state index in [0.29, 0.717) is 5.69 Å². The first-order valence-corrected chi connectivity index (χ1v) is 10.3. The average molecular weight is 365 g/mol. The maximum atomic E-state index is 12.8. The van der Waals surface area contributed by atoms with Gasteiger partial charge in [0.05, 0.1) is 10.6 Å². The summed E-state index contributed by atoms with van der Waals surface area (Å²) in [6.45, 7) is 2.15. The Bertz CT molecular complexity index is 949. The number of hydrogen-bond acceptors (Lipinski definition) is 2. The van der Waals surface area contributed by atoms with E-state index >= 15 is 0 Å². The fourth-order valence-corrected chi connectivity index (χ4v) is 3.94. The second kappa shape index (κ2) is 8.19. The quantitative estimate of drug-likeness (QED) is 0.601. The molecule has 0 aliphatic heterocycles. The summed E-state index contributed by atoms with van der Waals surface area (Å²) < 4.78 is 28.3. The van der Waals surface area contributed by atoms with Crippen LogP contribution in [0.3, 0.4) is 0 Å². The van der Waals surface area contributed by atoms with Crippen LogP contribution in [0.5, 0.6) is 0 Å². The minimum Gasteiger partial charge on any atom is -0.279 e. The molecule has 0 fully saturated rings. The van der Waals surface area contributed by atoms with Crippen molar-refractivity contribution in [1.29, 1.82) is 0 Å². The Balaban J connectivity index is 1.86. The van der Waals surface area contributed by atoms with Crippen LogP contribution in [0.2, 0.25) is 0 Å². The van der Waals surface area contributed by atoms with Gasteiger partial charge in [-0.15, -0.1) is 0 Å². The van der Waals surface area contributed by atoms with E-state index in [1.807, 2.05) is 60.7 Å². The number of benzene rings is 3. The van der Waals surface area contributed by atoms with Crippen LogP contribution < -0.4 is 4.72 Å². The number of para-hydroxylation sites is 1. The van der Waals surface area contributed by atoms with Gasteiger partial charge in [-0.2, -0.15) is 0 Å². The van der Waals surface area contributed by atoms with Gasteiger partial charge in [0, 0.05) is 5.56 Å². The van der Waals surface area contributed by atoms with Crippen LogP contribution in [0, 0.1) is 0 Å². The lowest BCUT2D eigenvalue weighted by molar-refractivity contribution is 0.601. The number of anilines is 1. The zero-order valence-electron chi connectivity index (χ0n) is 14.9. The van der Waals surface area contributed by atoms with Crippen LogP contribution in [-0.2, 0) is 16.4 Å². The average Bonchev–Trinajstić information content (AvgIpc) is 2.67. The van der Waals surface area contributed by atoms with Crippen molar-refractivity contribution < 1.29 is 8.42 Å². The van der Waals surface area contributed by atoms with Gasteiger partial charge in [-0.05, 0) is 42.2 Å². The summed E-state index contributed by atoms with van der Waals surface area (Å²) in [6.07, 6.45) is 3.20. The minimum atomic E-state index is -3.63. The number of aryl methyl sites for hydroxylation is 1. The molecule has 0 atom stereocenters. The normalized spacial score (nSPS) is 11.3. The van der Waals surface area contributed by atoms with Gasteiger partial charge >= 0.3 is 0 Å². The van der Waals surface area contributed by atoms with Gasteiger partial charge in [-0.3, -0.25) is 4.72 Å². The fourth-order valence-electron chi connectivity index (χ4n) is 2.86. The van der Waals surface area contributed by atoms with Gasteiger partial charge in [0.25, 0.3) is 10.0 Å². The van der Waals surface area contributed by atoms with Crippen LogP contribution in [-0.4, -0.2) is 8.42 Å². The molecular weight excluding hydrogens is 342 g/mol. The zero-order valence-corrected chi connectivity index (χ0v) is 15.7. The van der Waals surface area contributed by atoms with Crippen LogP contribution in [0.25, 0.3) is 11.1 Å². The number of hydrogen-bond donors (Lipinski definition) is 1. The van der Waals surface area contributed by atoms with E-state index in [1.165, 1.54) is 0 Å². The van der Waals surface area contributed by atoms with Gasteiger partial charge < -0.3 is 0 Å². The Morgan fingerprint density at radius 3 is 2.15 bits per heavy atom. The van der Waals surface area contributed by atoms with Crippen molar-refractivity contribution in [3.8, 4) is 11.1 Å². The third-order valence-electron chi connectivity index (χ3n) is 4.31. The summed E-state index contributed by atoms with van der Waals surface area (Å²) in [5.41, 5.74) is 3.57. The first-order chi connectivity index (χ1) is 12.6. The number of unbranched alkanes of at least 4 members (excludes halogenated alkanes) is 1. The zero-order chi connectivity index (χ0) is 18.4. The van der Waals surface area contributed by atoms with E-state index in [1.54, 1.807) is 18.2 Å². The Morgan fingerprint density at radius 1 is 0.808 bits per heavy atom. The molecule has 0 radical (unpaired) electrons. The van der Waals surface area contributed by atoms with Gasteiger partial charge in [-0.1, -0.05) is 74.0 Å². The molecule has 3 nitrogen and oxygen atoms in total. The van der Waals surface area contributed by atoms with E-state index < -0.39 is 10.0 Å². The first-order valence-electron chi connectivity index (χ1n) is 8.86. The molecule has 26 heavy (non-hydrogen) atoms. The van der Waals surface area contributed by atoms with Crippen molar-refractivity contribution >= 4 is 15.7 Å². The smallest absolute Gasteiger partial charge is 0.261 e. The van der Waals surface area contributed by atoms with Gasteiger partial charge in [0.1, 0.15) is 0 Å². The molecule has 0 unspecified atom stereocenters. The SMILES string of the molecule is CCCCc1ccc(S(=O)(=O)Nc2ccccc2-c2ccccc2)cc1. The molecule has 3 rings (SSSR count). The van der Waals surface area contributed by atoms with Crippen molar-refractivity contribution in [1.82, 2.24) is 0 Å². The lowest BCUT2D eigenvalue weighted by Crippen LogP contribution is -2.13. The van der Waals surface area contributed by atoms with E-state index in [-0.39, 0.29) is 4.90 Å². The van der Waals surface area contributed by atoms with E-state index in [2.05, 4.69) is 11.6 Å². The van der Waals surface area contributed by atoms with Crippen molar-refractivity contribution in [2.45, 2.75) is 31.1 Å². The van der Waals surface area contributed by atoms with Crippen LogP contribution in [0.4, 0.5) is 5.69 Å². The monoisotopic (exact) mass is 365 g/mol. The lowest BCUT2D eigenvalue weighted by atomic mass is 10.0. The van der Waals surface area contributed by atoms with Crippen LogP contribution in [0.1, 0.15) is 25.3 Å². The molecule has 0 saturated carbocycles. The molecule has 0 aliphatic rings. The molecule has 1 N–H and O–H groups in total. The third-order valence-corrected chi connectivity index (χ3v) is 5.69. The summed E-state index contributed by atoms with van der Waals surface area (Å²) in [7, 11) is -3.63. The molecular formula is C22H23NO2S. The standard InChI is InChI=1S/C22H23NO2S/c1-2-3-9-18-14-16-20(17-15-18)26(24,25)23-22-13-8-7-12-21(22)19-10-5-4-6-11-19/h4-8,10-17,23H,2-3,9H2,1H3. The van der Waals surface area contributed by atoms with Crippen LogP contribution >= 0.6 is 0 Å². The Labute approximate surface area is 155 Å². The Kier molecular flexibility index (Phi) is 5.74. The summed E-state index contributed by atoms with van der Waals surface area (Å²) >= 11 is 0. The van der Waals surface area contributed by atoms with Gasteiger partial charge in [0.2, 0.25) is 0 Å². The minimum absolute atomic E-state index is 0.278. The third kappa shape index (κ3) is 4.33. The lowest BCUT2D eigenvalue weighted by Gasteiger charge is -2.13. The molecule has 134 valence electrons. The summed E-state index contributed by atoms with van der Waals surface area (Å²) in [5.74, 6) is 0. The molecule has 0 spiro atoms. The van der Waals surface area contributed by atoms with Gasteiger partial charge in [0.15, 0.2) is 0 Å². The summed E-state index contributed by atoms with van der Waals surface area (Å²) in [5, 5.41) is 0. The highest BCUT2D eigenvalue weighted by molar-refractivity contribution is 7.92. The number of sulfonamides is 1. The Morgan fingerprint density at radius 2 is 1.46 bits per heavy atom. The predicted octanol–water partition coefficient (Wildman–Crippen LogP) is 5.50. The molecule has 0 aromatic heterocycles. The van der Waals surface area contributed by atoms with Crippen molar-refractivity contribution in [3.05, 3.63) is 84.4 Å². The molecule has 0 aliphatic carbocycles. The first kappa shape index (κ1) is 18.2. The van der Waals surface area contributed by atoms with E-state index in [9.17, 15) is 8.42 Å². The molecule has 0 amide bonds. The molecule has 3 aromatic rings. The maximum absolute atomic E-state index is 12.8. The highest BCUT2D eigenvalue weighted by Crippen LogP contribution is 2.29. The fraction of sp³-hybridized carbons (Fsp3) is 0.182. The van der Waals surface area contributed by atoms with Crippen molar-refractivity contribution in [2.75, 3.05) is 4.72 Å². The molecule has 0 bridgehead atoms. The Hall–Kier alpha value is -2.59. The summed E-state index contributed by atoms with van der Waals surface area (Å²) in [6, 6.07) is 24.3. The second-order valence-corrected chi connectivity index (χ2v) is 7.95. The predicted molar refractivity (Wildman–Crippen MR) is 108 cm³/mol. The highest BCUT2D eigenvalue weighted by atomic mass is 32.2. The van der Waals surface area contributed by atoms with Crippen molar-refractivity contribution in [2.24, 2.45) is 0 Å². The molecule has 4 heteroatoms. The largest absolute Gasteiger partial charge is 0.279 e. The number of nitrogens with one attached hydrogen (secondary N) is 1.